The number of hydrogen-bond acceptors (Lipinski definition) is 8. The van der Waals surface area contributed by atoms with Crippen molar-refractivity contribution in [2.45, 2.75) is 92.9 Å². The molecule has 69 heavy (non-hydrogen) atoms. The van der Waals surface area contributed by atoms with E-state index in [1.807, 2.05) is 0 Å². The first-order valence-electron chi connectivity index (χ1n) is 22.9. The average molecular weight is 1030 g/mol. The normalized spacial score (nSPS) is 15.5. The number of halogens is 5. The fourth-order valence-corrected chi connectivity index (χ4v) is 11.1. The van der Waals surface area contributed by atoms with Crippen LogP contribution in [0.4, 0.5) is 24.5 Å². The molecule has 7 rings (SSSR count). The zero-order valence-corrected chi connectivity index (χ0v) is 41.3. The van der Waals surface area contributed by atoms with Gasteiger partial charge in [-0.3, -0.25) is 9.59 Å². The quantitative estimate of drug-likeness (QED) is 0.0671. The molecule has 2 aliphatic rings. The maximum absolute atomic E-state index is 13.1. The molecule has 5 aromatic rings. The Morgan fingerprint density at radius 3 is 1.59 bits per heavy atom. The minimum Gasteiger partial charge on any atom is -0.322 e. The molecule has 370 valence electrons. The van der Waals surface area contributed by atoms with E-state index < -0.39 is 31.8 Å². The Labute approximate surface area is 413 Å². The highest BCUT2D eigenvalue weighted by atomic mass is 35.5. The Morgan fingerprint density at radius 2 is 1.09 bits per heavy atom. The Bertz CT molecular complexity index is 2680. The van der Waals surface area contributed by atoms with Crippen LogP contribution in [0.25, 0.3) is 0 Å². The molecule has 2 amide bonds. The molecule has 2 saturated heterocycles. The number of piperidine rings is 2. The molecule has 5 aromatic carbocycles. The standard InChI is InChI=1S/C26H25ClF3N3O3S.C24H32ClN3O3S/c27-21-7-3-19(4-8-21)25(34)32-23-9-11-24(12-10-23)37(35,36)33-15-13-22(14-16-33)31-17-18-1-5-20(6-2-18)26(28,29)30;1-2-3-4-5-15-26-21-13-16-28(17-14-21)32(30,31)23-8-6-7-22(18-23)27-24(29)19-9-11-20(25)12-10-19/h1-12,22,31H,13-17H2,(H,32,34);6-12,18,21,26H,2-5,13-17H2,1H3,(H,27,29). The van der Waals surface area contributed by atoms with Gasteiger partial charge in [0.2, 0.25) is 20.0 Å². The summed E-state index contributed by atoms with van der Waals surface area (Å²) in [5.74, 6) is -0.653. The van der Waals surface area contributed by atoms with Crippen LogP contribution in [0.2, 0.25) is 10.0 Å². The zero-order chi connectivity index (χ0) is 49.6. The largest absolute Gasteiger partial charge is 0.416 e. The fraction of sp³-hybridized carbons (Fsp3) is 0.360. The van der Waals surface area contributed by atoms with E-state index in [2.05, 4.69) is 28.2 Å². The van der Waals surface area contributed by atoms with Gasteiger partial charge < -0.3 is 21.3 Å². The minimum atomic E-state index is -4.37. The lowest BCUT2D eigenvalue weighted by Gasteiger charge is -2.31. The summed E-state index contributed by atoms with van der Waals surface area (Å²) in [7, 11) is -7.31. The first-order chi connectivity index (χ1) is 32.9. The van der Waals surface area contributed by atoms with Crippen molar-refractivity contribution in [2.75, 3.05) is 43.4 Å². The van der Waals surface area contributed by atoms with Crippen molar-refractivity contribution < 1.29 is 39.6 Å². The van der Waals surface area contributed by atoms with Crippen LogP contribution in [0.1, 0.15) is 90.1 Å². The highest BCUT2D eigenvalue weighted by molar-refractivity contribution is 7.89. The van der Waals surface area contributed by atoms with Crippen molar-refractivity contribution in [3.05, 3.63) is 154 Å². The summed E-state index contributed by atoms with van der Waals surface area (Å²) in [6, 6.07) is 30.8. The van der Waals surface area contributed by atoms with Crippen LogP contribution in [0, 0.1) is 0 Å². The van der Waals surface area contributed by atoms with Gasteiger partial charge in [-0.15, -0.1) is 0 Å². The highest BCUT2D eigenvalue weighted by Gasteiger charge is 2.32. The van der Waals surface area contributed by atoms with Gasteiger partial charge in [-0.2, -0.15) is 21.8 Å². The maximum Gasteiger partial charge on any atom is 0.416 e. The van der Waals surface area contributed by atoms with Gasteiger partial charge in [0.1, 0.15) is 0 Å². The third kappa shape index (κ3) is 15.6. The molecule has 19 heteroatoms. The summed E-state index contributed by atoms with van der Waals surface area (Å²) in [5, 5.41) is 13.4. The van der Waals surface area contributed by atoms with Crippen molar-refractivity contribution in [3.63, 3.8) is 0 Å². The number of alkyl halides is 3. The molecule has 0 spiro atoms. The third-order valence-electron chi connectivity index (χ3n) is 11.9. The summed E-state index contributed by atoms with van der Waals surface area (Å²) in [6.45, 7) is 5.23. The van der Waals surface area contributed by atoms with E-state index in [0.717, 1.165) is 37.1 Å². The number of sulfonamides is 2. The number of unbranched alkanes of at least 4 members (excludes halogenated alkanes) is 3. The number of hydrogen-bond donors (Lipinski definition) is 4. The number of anilines is 2. The third-order valence-corrected chi connectivity index (χ3v) is 16.3. The van der Waals surface area contributed by atoms with E-state index in [4.69, 9.17) is 23.2 Å². The Hall–Kier alpha value is -4.85. The summed E-state index contributed by atoms with van der Waals surface area (Å²) >= 11 is 11.7. The van der Waals surface area contributed by atoms with Crippen LogP contribution in [-0.2, 0) is 32.8 Å². The molecule has 0 bridgehead atoms. The van der Waals surface area contributed by atoms with E-state index in [0.29, 0.717) is 84.2 Å². The van der Waals surface area contributed by atoms with Crippen molar-refractivity contribution in [2.24, 2.45) is 0 Å². The molecule has 4 N–H and O–H groups in total. The Balaban J connectivity index is 0.000000229. The molecule has 2 aliphatic heterocycles. The highest BCUT2D eigenvalue weighted by Crippen LogP contribution is 2.30. The average Bonchev–Trinajstić information content (AvgIpc) is 3.34. The number of amides is 2. The van der Waals surface area contributed by atoms with E-state index >= 15 is 0 Å². The van der Waals surface area contributed by atoms with Gasteiger partial charge in [-0.05, 0) is 147 Å². The van der Waals surface area contributed by atoms with Crippen LogP contribution in [0.15, 0.2) is 131 Å². The SMILES string of the molecule is CCCCCCNC1CCN(S(=O)(=O)c2cccc(NC(=O)c3ccc(Cl)cc3)c2)CC1.O=C(Nc1ccc(S(=O)(=O)N2CCC(NCc3ccc(C(F)(F)F)cc3)CC2)cc1)c1ccc(Cl)cc1. The van der Waals surface area contributed by atoms with Crippen molar-refractivity contribution in [1.29, 1.82) is 0 Å². The lowest BCUT2D eigenvalue weighted by atomic mass is 10.1. The van der Waals surface area contributed by atoms with Crippen LogP contribution in [-0.4, -0.2) is 82.1 Å². The summed E-state index contributed by atoms with van der Waals surface area (Å²) in [5.41, 5.74) is 1.82. The monoisotopic (exact) mass is 1030 g/mol. The van der Waals surface area contributed by atoms with Crippen molar-refractivity contribution >= 4 is 66.4 Å². The molecule has 2 fully saturated rings. The van der Waals surface area contributed by atoms with Crippen LogP contribution < -0.4 is 21.3 Å². The van der Waals surface area contributed by atoms with Gasteiger partial charge in [0, 0.05) is 77.4 Å². The van der Waals surface area contributed by atoms with E-state index in [-0.39, 0.29) is 27.6 Å². The van der Waals surface area contributed by atoms with E-state index in [1.165, 1.54) is 60.3 Å². The molecule has 12 nitrogen and oxygen atoms in total. The molecule has 0 saturated carbocycles. The van der Waals surface area contributed by atoms with Gasteiger partial charge in [-0.1, -0.05) is 67.6 Å². The van der Waals surface area contributed by atoms with Gasteiger partial charge >= 0.3 is 6.18 Å². The Kier molecular flexibility index (Phi) is 19.2. The van der Waals surface area contributed by atoms with Gasteiger partial charge in [0.25, 0.3) is 11.8 Å². The predicted octanol–water partition coefficient (Wildman–Crippen LogP) is 10.5. The van der Waals surface area contributed by atoms with Gasteiger partial charge in [-0.25, -0.2) is 16.8 Å². The second kappa shape index (κ2) is 24.8. The number of carbonyl (C=O) groups excluding carboxylic acids is 2. The second-order valence-corrected chi connectivity index (χ2v) is 21.7. The topological polar surface area (TPSA) is 157 Å². The molecular formula is C50H57Cl2F3N6O6S2. The number of nitrogens with zero attached hydrogens (tertiary/aromatic N) is 2. The maximum atomic E-state index is 13.1. The molecule has 2 heterocycles. The fourth-order valence-electron chi connectivity index (χ4n) is 7.88. The number of carbonyl (C=O) groups is 2. The first kappa shape index (κ1) is 53.5. The summed E-state index contributed by atoms with van der Waals surface area (Å²) < 4.78 is 93.6. The van der Waals surface area contributed by atoms with E-state index in [9.17, 15) is 39.6 Å². The van der Waals surface area contributed by atoms with E-state index in [1.54, 1.807) is 83.2 Å². The Morgan fingerprint density at radius 1 is 0.594 bits per heavy atom. The number of benzene rings is 5. The lowest BCUT2D eigenvalue weighted by Crippen LogP contribution is -2.45. The van der Waals surface area contributed by atoms with Crippen molar-refractivity contribution in [1.82, 2.24) is 19.2 Å². The smallest absolute Gasteiger partial charge is 0.322 e. The zero-order valence-electron chi connectivity index (χ0n) is 38.2. The molecule has 0 aromatic heterocycles. The molecule has 0 aliphatic carbocycles. The van der Waals surface area contributed by atoms with Crippen LogP contribution >= 0.6 is 23.2 Å². The van der Waals surface area contributed by atoms with Gasteiger partial charge in [0.15, 0.2) is 0 Å². The second-order valence-electron chi connectivity index (χ2n) is 16.9. The first-order valence-corrected chi connectivity index (χ1v) is 26.5. The van der Waals surface area contributed by atoms with Crippen LogP contribution in [0.5, 0.6) is 0 Å². The predicted molar refractivity (Wildman–Crippen MR) is 266 cm³/mol. The summed E-state index contributed by atoms with van der Waals surface area (Å²) in [4.78, 5) is 25.1. The van der Waals surface area contributed by atoms with Gasteiger partial charge in [0.05, 0.1) is 15.4 Å². The van der Waals surface area contributed by atoms with Crippen molar-refractivity contribution in [3.8, 4) is 0 Å². The minimum absolute atomic E-state index is 0.0548. The molecule has 0 atom stereocenters. The van der Waals surface area contributed by atoms with Crippen LogP contribution in [0.3, 0.4) is 0 Å². The molecule has 0 unspecified atom stereocenters. The molecular weight excluding hydrogens is 973 g/mol. The summed E-state index contributed by atoms with van der Waals surface area (Å²) in [6.07, 6.45) is 3.29. The number of nitrogens with one attached hydrogen (secondary N) is 4. The number of rotatable bonds is 17. The molecule has 0 radical (unpaired) electrons. The lowest BCUT2D eigenvalue weighted by molar-refractivity contribution is -0.137.